The third-order valence-electron chi connectivity index (χ3n) is 2.14. The van der Waals surface area contributed by atoms with Crippen LogP contribution in [0.25, 0.3) is 0 Å². The van der Waals surface area contributed by atoms with Gasteiger partial charge in [-0.1, -0.05) is 0 Å². The minimum atomic E-state index is -1.01. The Morgan fingerprint density at radius 2 is 1.68 bits per heavy atom. The van der Waals surface area contributed by atoms with Crippen molar-refractivity contribution in [1.82, 2.24) is 5.32 Å². The van der Waals surface area contributed by atoms with Crippen molar-refractivity contribution in [3.8, 4) is 5.75 Å². The Hall–Kier alpha value is -2.70. The molecule has 100 valence electrons. The summed E-state index contributed by atoms with van der Waals surface area (Å²) < 4.78 is 4.47. The number of carboxylic acid groups (broad SMARTS) is 1. The zero-order valence-corrected chi connectivity index (χ0v) is 9.79. The van der Waals surface area contributed by atoms with Crippen LogP contribution in [-0.4, -0.2) is 29.4 Å². The summed E-state index contributed by atoms with van der Waals surface area (Å²) >= 11 is 0. The van der Waals surface area contributed by atoms with E-state index in [9.17, 15) is 19.2 Å². The molecule has 1 aromatic rings. The number of carbonyl (C=O) groups is 4. The van der Waals surface area contributed by atoms with Crippen molar-refractivity contribution in [3.05, 3.63) is 29.8 Å². The van der Waals surface area contributed by atoms with Gasteiger partial charge in [-0.3, -0.25) is 19.7 Å². The highest BCUT2D eigenvalue weighted by atomic mass is 16.5. The molecule has 1 aliphatic heterocycles. The topological polar surface area (TPSA) is 110 Å². The van der Waals surface area contributed by atoms with E-state index in [-0.39, 0.29) is 23.9 Å². The molecule has 7 heteroatoms. The molecule has 0 aromatic heterocycles. The largest absolute Gasteiger partial charge is 0.478 e. The van der Waals surface area contributed by atoms with E-state index >= 15 is 0 Å². The van der Waals surface area contributed by atoms with Crippen LogP contribution in [0.3, 0.4) is 0 Å². The molecule has 19 heavy (non-hydrogen) atoms. The summed E-state index contributed by atoms with van der Waals surface area (Å²) in [5.41, 5.74) is 0.160. The molecule has 2 amide bonds. The zero-order valence-electron chi connectivity index (χ0n) is 9.79. The maximum absolute atomic E-state index is 10.4. The Balaban J connectivity index is 0.000000218. The Morgan fingerprint density at radius 1 is 1.16 bits per heavy atom. The molecule has 1 saturated heterocycles. The van der Waals surface area contributed by atoms with E-state index in [4.69, 9.17) is 5.11 Å². The fourth-order valence-corrected chi connectivity index (χ4v) is 1.24. The number of benzene rings is 1. The maximum Gasteiger partial charge on any atom is 0.335 e. The van der Waals surface area contributed by atoms with Gasteiger partial charge in [-0.05, 0) is 24.3 Å². The highest BCUT2D eigenvalue weighted by Crippen LogP contribution is 2.10. The summed E-state index contributed by atoms with van der Waals surface area (Å²) in [6, 6.07) is 5.55. The quantitative estimate of drug-likeness (QED) is 0.602. The summed E-state index contributed by atoms with van der Waals surface area (Å²) in [6.45, 7) is 0.287. The van der Waals surface area contributed by atoms with E-state index in [1.807, 2.05) is 0 Å². The van der Waals surface area contributed by atoms with E-state index in [0.29, 0.717) is 18.6 Å². The lowest BCUT2D eigenvalue weighted by Crippen LogP contribution is -2.18. The first-order chi connectivity index (χ1) is 9.02. The van der Waals surface area contributed by atoms with Gasteiger partial charge in [-0.25, -0.2) is 4.79 Å². The van der Waals surface area contributed by atoms with Crippen molar-refractivity contribution in [3.63, 3.8) is 0 Å². The first-order valence-electron chi connectivity index (χ1n) is 5.29. The molecule has 1 fully saturated rings. The summed E-state index contributed by atoms with van der Waals surface area (Å²) in [4.78, 5) is 40.5. The SMILES string of the molecule is O=C1CCC(=O)N1.O=COc1ccc(C(=O)O)cc1. The number of carboxylic acids is 1. The number of ether oxygens (including phenoxy) is 1. The lowest BCUT2D eigenvalue weighted by molar-refractivity contribution is -0.125. The van der Waals surface area contributed by atoms with E-state index in [1.54, 1.807) is 0 Å². The lowest BCUT2D eigenvalue weighted by Gasteiger charge is -1.96. The first-order valence-corrected chi connectivity index (χ1v) is 5.29. The molecule has 0 bridgehead atoms. The van der Waals surface area contributed by atoms with Gasteiger partial charge in [0, 0.05) is 12.8 Å². The van der Waals surface area contributed by atoms with E-state index in [2.05, 4.69) is 10.1 Å². The van der Waals surface area contributed by atoms with Crippen molar-refractivity contribution in [2.45, 2.75) is 12.8 Å². The molecule has 0 saturated carbocycles. The molecule has 2 N–H and O–H groups in total. The average molecular weight is 265 g/mol. The predicted octanol–water partition coefficient (Wildman–Crippen LogP) is 0.343. The minimum absolute atomic E-state index is 0.148. The molecule has 2 rings (SSSR count). The van der Waals surface area contributed by atoms with Gasteiger partial charge >= 0.3 is 5.97 Å². The van der Waals surface area contributed by atoms with Gasteiger partial charge in [0.2, 0.25) is 11.8 Å². The molecule has 0 spiro atoms. The van der Waals surface area contributed by atoms with Gasteiger partial charge in [0.05, 0.1) is 5.56 Å². The fourth-order valence-electron chi connectivity index (χ4n) is 1.24. The van der Waals surface area contributed by atoms with E-state index in [1.165, 1.54) is 24.3 Å². The number of hydrogen-bond donors (Lipinski definition) is 2. The van der Waals surface area contributed by atoms with Crippen molar-refractivity contribution in [2.24, 2.45) is 0 Å². The van der Waals surface area contributed by atoms with E-state index in [0.717, 1.165) is 0 Å². The Morgan fingerprint density at radius 3 is 2.00 bits per heavy atom. The fraction of sp³-hybridized carbons (Fsp3) is 0.167. The van der Waals surface area contributed by atoms with Crippen LogP contribution >= 0.6 is 0 Å². The number of carbonyl (C=O) groups excluding carboxylic acids is 3. The summed E-state index contributed by atoms with van der Waals surface area (Å²) in [6.07, 6.45) is 0.748. The predicted molar refractivity (Wildman–Crippen MR) is 62.5 cm³/mol. The summed E-state index contributed by atoms with van der Waals surface area (Å²) in [7, 11) is 0. The third kappa shape index (κ3) is 4.99. The van der Waals surface area contributed by atoms with Gasteiger partial charge in [-0.15, -0.1) is 0 Å². The van der Waals surface area contributed by atoms with Crippen LogP contribution in [0.4, 0.5) is 0 Å². The normalized spacial score (nSPS) is 13.1. The second kappa shape index (κ2) is 6.90. The van der Waals surface area contributed by atoms with Crippen LogP contribution in [0.5, 0.6) is 5.75 Å². The monoisotopic (exact) mass is 265 g/mol. The highest BCUT2D eigenvalue weighted by molar-refractivity contribution is 6.01. The summed E-state index contributed by atoms with van der Waals surface area (Å²) in [5.74, 6) is -0.974. The van der Waals surface area contributed by atoms with Crippen LogP contribution in [0, 0.1) is 0 Å². The van der Waals surface area contributed by atoms with Crippen LogP contribution in [0.1, 0.15) is 23.2 Å². The van der Waals surface area contributed by atoms with Crippen molar-refractivity contribution < 1.29 is 29.0 Å². The van der Waals surface area contributed by atoms with Crippen LogP contribution < -0.4 is 10.1 Å². The second-order valence-electron chi connectivity index (χ2n) is 3.51. The average Bonchev–Trinajstić information content (AvgIpc) is 2.75. The van der Waals surface area contributed by atoms with Crippen molar-refractivity contribution in [1.29, 1.82) is 0 Å². The third-order valence-corrected chi connectivity index (χ3v) is 2.14. The molecule has 0 aliphatic carbocycles. The Labute approximate surface area is 108 Å². The smallest absolute Gasteiger partial charge is 0.335 e. The van der Waals surface area contributed by atoms with Crippen LogP contribution in [-0.2, 0) is 14.4 Å². The molecule has 7 nitrogen and oxygen atoms in total. The maximum atomic E-state index is 10.4. The molecule has 1 aliphatic rings. The lowest BCUT2D eigenvalue weighted by atomic mass is 10.2. The number of aromatic carboxylic acids is 1. The Bertz CT molecular complexity index is 479. The van der Waals surface area contributed by atoms with Gasteiger partial charge < -0.3 is 9.84 Å². The van der Waals surface area contributed by atoms with Gasteiger partial charge in [0.15, 0.2) is 0 Å². The number of nitrogens with one attached hydrogen (secondary N) is 1. The zero-order chi connectivity index (χ0) is 14.3. The first kappa shape index (κ1) is 14.4. The molecule has 0 atom stereocenters. The van der Waals surface area contributed by atoms with Gasteiger partial charge in [0.25, 0.3) is 6.47 Å². The van der Waals surface area contributed by atoms with Crippen molar-refractivity contribution in [2.75, 3.05) is 0 Å². The molecule has 0 radical (unpaired) electrons. The minimum Gasteiger partial charge on any atom is -0.478 e. The summed E-state index contributed by atoms with van der Waals surface area (Å²) in [5, 5.41) is 10.6. The van der Waals surface area contributed by atoms with Crippen molar-refractivity contribution >= 4 is 24.3 Å². The van der Waals surface area contributed by atoms with Crippen LogP contribution in [0.2, 0.25) is 0 Å². The number of rotatable bonds is 3. The van der Waals surface area contributed by atoms with Crippen LogP contribution in [0.15, 0.2) is 24.3 Å². The number of hydrogen-bond acceptors (Lipinski definition) is 5. The second-order valence-corrected chi connectivity index (χ2v) is 3.51. The van der Waals surface area contributed by atoms with Gasteiger partial charge in [-0.2, -0.15) is 0 Å². The highest BCUT2D eigenvalue weighted by Gasteiger charge is 2.15. The molecular weight excluding hydrogens is 254 g/mol. The molecule has 0 unspecified atom stereocenters. The number of amides is 2. The van der Waals surface area contributed by atoms with Gasteiger partial charge in [0.1, 0.15) is 5.75 Å². The van der Waals surface area contributed by atoms with E-state index < -0.39 is 5.97 Å². The molecule has 1 aromatic carbocycles. The molecule has 1 heterocycles. The molecular formula is C12H11NO6. The Kier molecular flexibility index (Phi) is 5.21. The number of imide groups is 1. The standard InChI is InChI=1S/C8H6O4.C4H5NO2/c9-5-12-7-3-1-6(2-4-7)8(10)11;6-3-1-2-4(7)5-3/h1-5H,(H,10,11);1-2H2,(H,5,6,7).